The van der Waals surface area contributed by atoms with Crippen molar-refractivity contribution in [1.82, 2.24) is 25.2 Å². The number of piperidine rings is 1. The monoisotopic (exact) mass is 347 g/mol. The van der Waals surface area contributed by atoms with Crippen molar-refractivity contribution < 1.29 is 14.1 Å². The highest BCUT2D eigenvalue weighted by atomic mass is 16.5. The fourth-order valence-corrected chi connectivity index (χ4v) is 3.56. The van der Waals surface area contributed by atoms with Crippen LogP contribution in [0.4, 0.5) is 0 Å². The molecule has 25 heavy (non-hydrogen) atoms. The SMILES string of the molecule is COCc1cc(C(=O)NC[C@@H]2CCCN(C)[C@H]2c2ccnn2C)no1. The molecule has 1 fully saturated rings. The number of hydrogen-bond acceptors (Lipinski definition) is 6. The molecule has 1 amide bonds. The Bertz CT molecular complexity index is 711. The van der Waals surface area contributed by atoms with Crippen molar-refractivity contribution in [2.45, 2.75) is 25.5 Å². The van der Waals surface area contributed by atoms with Gasteiger partial charge in [0.15, 0.2) is 11.5 Å². The Labute approximate surface area is 147 Å². The summed E-state index contributed by atoms with van der Waals surface area (Å²) in [4.78, 5) is 14.7. The smallest absolute Gasteiger partial charge is 0.273 e. The molecule has 0 aliphatic carbocycles. The molecule has 1 aliphatic rings. The lowest BCUT2D eigenvalue weighted by molar-refractivity contribution is 0.0872. The van der Waals surface area contributed by atoms with E-state index in [0.29, 0.717) is 24.8 Å². The average molecular weight is 347 g/mol. The van der Waals surface area contributed by atoms with Gasteiger partial charge in [0.2, 0.25) is 0 Å². The predicted octanol–water partition coefficient (Wildman–Crippen LogP) is 1.37. The molecular weight excluding hydrogens is 322 g/mol. The Hall–Kier alpha value is -2.19. The van der Waals surface area contributed by atoms with Crippen LogP contribution < -0.4 is 5.32 Å². The van der Waals surface area contributed by atoms with Crippen LogP contribution in [-0.4, -0.2) is 53.0 Å². The normalized spacial score (nSPS) is 21.4. The second kappa shape index (κ2) is 7.79. The molecule has 3 heterocycles. The molecule has 3 rings (SSSR count). The van der Waals surface area contributed by atoms with Crippen LogP contribution in [-0.2, 0) is 18.4 Å². The molecule has 1 N–H and O–H groups in total. The van der Waals surface area contributed by atoms with E-state index in [1.165, 1.54) is 5.69 Å². The summed E-state index contributed by atoms with van der Waals surface area (Å²) in [6, 6.07) is 3.91. The molecular formula is C17H25N5O3. The van der Waals surface area contributed by atoms with Crippen molar-refractivity contribution in [3.8, 4) is 0 Å². The Morgan fingerprint density at radius 3 is 3.04 bits per heavy atom. The van der Waals surface area contributed by atoms with Crippen LogP contribution in [0, 0.1) is 5.92 Å². The van der Waals surface area contributed by atoms with Crippen LogP contribution in [0.15, 0.2) is 22.9 Å². The number of ether oxygens (including phenoxy) is 1. The largest absolute Gasteiger partial charge is 0.377 e. The maximum Gasteiger partial charge on any atom is 0.273 e. The third-order valence-electron chi connectivity index (χ3n) is 4.77. The zero-order chi connectivity index (χ0) is 17.8. The number of amides is 1. The number of hydrogen-bond donors (Lipinski definition) is 1. The Morgan fingerprint density at radius 1 is 1.48 bits per heavy atom. The molecule has 2 aromatic heterocycles. The summed E-state index contributed by atoms with van der Waals surface area (Å²) < 4.78 is 12.0. The van der Waals surface area contributed by atoms with Crippen LogP contribution in [0.3, 0.4) is 0 Å². The quantitative estimate of drug-likeness (QED) is 0.849. The van der Waals surface area contributed by atoms with Crippen LogP contribution in [0.5, 0.6) is 0 Å². The molecule has 0 radical (unpaired) electrons. The third kappa shape index (κ3) is 3.91. The molecule has 2 atom stereocenters. The van der Waals surface area contributed by atoms with Crippen LogP contribution >= 0.6 is 0 Å². The molecule has 0 unspecified atom stereocenters. The number of methoxy groups -OCH3 is 1. The van der Waals surface area contributed by atoms with Crippen molar-refractivity contribution in [3.05, 3.63) is 35.5 Å². The maximum atomic E-state index is 12.3. The van der Waals surface area contributed by atoms with Crippen LogP contribution in [0.25, 0.3) is 0 Å². The van der Waals surface area contributed by atoms with E-state index in [4.69, 9.17) is 9.26 Å². The van der Waals surface area contributed by atoms with Crippen molar-refractivity contribution in [3.63, 3.8) is 0 Å². The standard InChI is InChI=1S/C17H25N5O3/c1-21-8-4-5-12(16(21)15-6-7-19-22(15)2)10-18-17(23)14-9-13(11-24-3)25-20-14/h6-7,9,12,16H,4-5,8,10-11H2,1-3H3,(H,18,23)/t12-,16+/m0/s1. The number of carbonyl (C=O) groups excluding carboxylic acids is 1. The maximum absolute atomic E-state index is 12.3. The van der Waals surface area contributed by atoms with Gasteiger partial charge in [-0.2, -0.15) is 5.10 Å². The number of aromatic nitrogens is 3. The topological polar surface area (TPSA) is 85.4 Å². The molecule has 8 heteroatoms. The van der Waals surface area contributed by atoms with Gasteiger partial charge in [-0.25, -0.2) is 0 Å². The molecule has 0 aromatic carbocycles. The predicted molar refractivity (Wildman–Crippen MR) is 90.9 cm³/mol. The van der Waals surface area contributed by atoms with Crippen molar-refractivity contribution in [2.24, 2.45) is 13.0 Å². The highest BCUT2D eigenvalue weighted by molar-refractivity contribution is 5.92. The third-order valence-corrected chi connectivity index (χ3v) is 4.77. The van der Waals surface area contributed by atoms with Gasteiger partial charge in [-0.1, -0.05) is 5.16 Å². The number of nitrogens with zero attached hydrogens (tertiary/aromatic N) is 4. The van der Waals surface area contributed by atoms with Gasteiger partial charge in [-0.05, 0) is 38.4 Å². The van der Waals surface area contributed by atoms with Gasteiger partial charge in [0.1, 0.15) is 6.61 Å². The van der Waals surface area contributed by atoms with Crippen molar-refractivity contribution in [1.29, 1.82) is 0 Å². The zero-order valence-corrected chi connectivity index (χ0v) is 14.9. The molecule has 1 aliphatic heterocycles. The van der Waals surface area contributed by atoms with E-state index in [1.54, 1.807) is 13.2 Å². The Balaban J connectivity index is 1.65. The minimum atomic E-state index is -0.219. The summed E-state index contributed by atoms with van der Waals surface area (Å²) in [5.74, 6) is 0.643. The molecule has 0 spiro atoms. The van der Waals surface area contributed by atoms with Gasteiger partial charge in [0, 0.05) is 33.0 Å². The van der Waals surface area contributed by atoms with Gasteiger partial charge >= 0.3 is 0 Å². The zero-order valence-electron chi connectivity index (χ0n) is 14.9. The number of rotatable bonds is 6. The lowest BCUT2D eigenvalue weighted by atomic mass is 9.87. The highest BCUT2D eigenvalue weighted by Gasteiger charge is 2.32. The van der Waals surface area contributed by atoms with Gasteiger partial charge in [-0.15, -0.1) is 0 Å². The van der Waals surface area contributed by atoms with E-state index in [9.17, 15) is 4.79 Å². The number of likely N-dealkylation sites (tertiary alicyclic amines) is 1. The summed E-state index contributed by atoms with van der Waals surface area (Å²) in [6.45, 7) is 1.94. The summed E-state index contributed by atoms with van der Waals surface area (Å²) in [5.41, 5.74) is 1.46. The lowest BCUT2D eigenvalue weighted by Crippen LogP contribution is -2.42. The minimum absolute atomic E-state index is 0.219. The Kier molecular flexibility index (Phi) is 5.50. The lowest BCUT2D eigenvalue weighted by Gasteiger charge is -2.39. The average Bonchev–Trinajstić information content (AvgIpc) is 3.22. The first-order valence-corrected chi connectivity index (χ1v) is 8.51. The summed E-state index contributed by atoms with van der Waals surface area (Å²) >= 11 is 0. The summed E-state index contributed by atoms with van der Waals surface area (Å²) in [6.07, 6.45) is 4.00. The number of carbonyl (C=O) groups is 1. The van der Waals surface area contributed by atoms with E-state index >= 15 is 0 Å². The molecule has 1 saturated heterocycles. The molecule has 2 aromatic rings. The van der Waals surface area contributed by atoms with E-state index in [-0.39, 0.29) is 17.6 Å². The van der Waals surface area contributed by atoms with Gasteiger partial charge in [0.25, 0.3) is 5.91 Å². The van der Waals surface area contributed by atoms with E-state index in [2.05, 4.69) is 33.6 Å². The second-order valence-electron chi connectivity index (χ2n) is 6.53. The van der Waals surface area contributed by atoms with E-state index in [1.807, 2.05) is 17.9 Å². The van der Waals surface area contributed by atoms with Gasteiger partial charge < -0.3 is 14.6 Å². The van der Waals surface area contributed by atoms with E-state index in [0.717, 1.165) is 19.4 Å². The Morgan fingerprint density at radius 2 is 2.32 bits per heavy atom. The summed E-state index contributed by atoms with van der Waals surface area (Å²) in [7, 11) is 5.65. The van der Waals surface area contributed by atoms with Gasteiger partial charge in [0.05, 0.1) is 11.7 Å². The molecule has 0 bridgehead atoms. The second-order valence-corrected chi connectivity index (χ2v) is 6.53. The molecule has 136 valence electrons. The highest BCUT2D eigenvalue weighted by Crippen LogP contribution is 2.34. The number of aryl methyl sites for hydroxylation is 1. The fraction of sp³-hybridized carbons (Fsp3) is 0.588. The first-order valence-electron chi connectivity index (χ1n) is 8.51. The van der Waals surface area contributed by atoms with Crippen molar-refractivity contribution >= 4 is 5.91 Å². The molecule has 0 saturated carbocycles. The fourth-order valence-electron chi connectivity index (χ4n) is 3.56. The van der Waals surface area contributed by atoms with Crippen LogP contribution in [0.1, 0.15) is 40.8 Å². The first-order chi connectivity index (χ1) is 12.1. The van der Waals surface area contributed by atoms with Crippen molar-refractivity contribution in [2.75, 3.05) is 27.2 Å². The van der Waals surface area contributed by atoms with Crippen LogP contribution in [0.2, 0.25) is 0 Å². The first kappa shape index (κ1) is 17.6. The molecule has 8 nitrogen and oxygen atoms in total. The van der Waals surface area contributed by atoms with Gasteiger partial charge in [-0.3, -0.25) is 14.4 Å². The van der Waals surface area contributed by atoms with E-state index < -0.39 is 0 Å². The summed E-state index contributed by atoms with van der Waals surface area (Å²) in [5, 5.41) is 11.1. The minimum Gasteiger partial charge on any atom is -0.377 e. The number of nitrogens with one attached hydrogen (secondary N) is 1.